The van der Waals surface area contributed by atoms with Crippen LogP contribution in [0.2, 0.25) is 5.02 Å². The van der Waals surface area contributed by atoms with E-state index in [0.29, 0.717) is 22.9 Å². The number of aromatic nitrogens is 1. The molecule has 0 fully saturated rings. The molecule has 1 amide bonds. The van der Waals surface area contributed by atoms with E-state index in [1.807, 2.05) is 0 Å². The van der Waals surface area contributed by atoms with Gasteiger partial charge in [0.05, 0.1) is 0 Å². The summed E-state index contributed by atoms with van der Waals surface area (Å²) in [5.41, 5.74) is 7.32. The van der Waals surface area contributed by atoms with Gasteiger partial charge in [-0.2, -0.15) is 0 Å². The molecule has 0 saturated heterocycles. The Labute approximate surface area is 110 Å². The third-order valence-electron chi connectivity index (χ3n) is 2.38. The number of halogens is 1. The van der Waals surface area contributed by atoms with E-state index in [2.05, 4.69) is 10.3 Å². The van der Waals surface area contributed by atoms with E-state index in [-0.39, 0.29) is 5.91 Å². The molecule has 1 aromatic carbocycles. The van der Waals surface area contributed by atoms with E-state index in [4.69, 9.17) is 17.3 Å². The zero-order chi connectivity index (χ0) is 13.0. The molecule has 92 valence electrons. The number of carbonyl (C=O) groups is 1. The lowest BCUT2D eigenvalue weighted by atomic mass is 10.2. The van der Waals surface area contributed by atoms with E-state index >= 15 is 0 Å². The normalized spacial score (nSPS) is 10.1. The van der Waals surface area contributed by atoms with Crippen molar-refractivity contribution in [2.45, 2.75) is 6.54 Å². The number of rotatable bonds is 3. The lowest BCUT2D eigenvalue weighted by Gasteiger charge is -2.05. The number of carbonyl (C=O) groups excluding carboxylic acids is 1. The summed E-state index contributed by atoms with van der Waals surface area (Å²) in [6.07, 6.45) is 1.59. The standard InChI is InChI=1S/C13H12ClN3O/c14-10-2-1-3-11(6-10)17-13(18)12-5-4-9(7-15)8-16-12/h1-6,8H,7,15H2,(H,17,18). The number of hydrogen-bond donors (Lipinski definition) is 2. The van der Waals surface area contributed by atoms with E-state index in [1.54, 1.807) is 42.6 Å². The highest BCUT2D eigenvalue weighted by Gasteiger charge is 2.07. The molecule has 2 aromatic rings. The first kappa shape index (κ1) is 12.5. The Morgan fingerprint density at radius 2 is 2.17 bits per heavy atom. The predicted molar refractivity (Wildman–Crippen MR) is 71.5 cm³/mol. The minimum absolute atomic E-state index is 0.277. The molecule has 18 heavy (non-hydrogen) atoms. The fourth-order valence-corrected chi connectivity index (χ4v) is 1.63. The summed E-state index contributed by atoms with van der Waals surface area (Å²) in [5.74, 6) is -0.277. The van der Waals surface area contributed by atoms with Crippen LogP contribution in [-0.2, 0) is 6.54 Å². The molecule has 5 heteroatoms. The predicted octanol–water partition coefficient (Wildman–Crippen LogP) is 2.45. The second-order valence-electron chi connectivity index (χ2n) is 3.72. The van der Waals surface area contributed by atoms with Crippen LogP contribution in [0.5, 0.6) is 0 Å². The summed E-state index contributed by atoms with van der Waals surface area (Å²) in [7, 11) is 0. The molecule has 0 aliphatic rings. The average Bonchev–Trinajstić information content (AvgIpc) is 2.39. The quantitative estimate of drug-likeness (QED) is 0.892. The Kier molecular flexibility index (Phi) is 3.92. The topological polar surface area (TPSA) is 68.0 Å². The van der Waals surface area contributed by atoms with Crippen molar-refractivity contribution in [2.75, 3.05) is 5.32 Å². The summed E-state index contributed by atoms with van der Waals surface area (Å²) < 4.78 is 0. The lowest BCUT2D eigenvalue weighted by Crippen LogP contribution is -2.13. The van der Waals surface area contributed by atoms with Crippen molar-refractivity contribution in [3.63, 3.8) is 0 Å². The Morgan fingerprint density at radius 1 is 1.33 bits per heavy atom. The van der Waals surface area contributed by atoms with Crippen molar-refractivity contribution < 1.29 is 4.79 Å². The third kappa shape index (κ3) is 3.06. The van der Waals surface area contributed by atoms with Crippen LogP contribution in [0, 0.1) is 0 Å². The van der Waals surface area contributed by atoms with Crippen LogP contribution in [0.25, 0.3) is 0 Å². The van der Waals surface area contributed by atoms with Crippen molar-refractivity contribution in [1.29, 1.82) is 0 Å². The van der Waals surface area contributed by atoms with Crippen LogP contribution < -0.4 is 11.1 Å². The minimum atomic E-state index is -0.277. The van der Waals surface area contributed by atoms with E-state index in [9.17, 15) is 4.79 Å². The maximum absolute atomic E-state index is 11.9. The molecule has 0 bridgehead atoms. The third-order valence-corrected chi connectivity index (χ3v) is 2.61. The zero-order valence-electron chi connectivity index (χ0n) is 9.56. The van der Waals surface area contributed by atoms with Crippen LogP contribution in [0.3, 0.4) is 0 Å². The largest absolute Gasteiger partial charge is 0.326 e. The molecule has 0 aliphatic heterocycles. The Morgan fingerprint density at radius 3 is 2.78 bits per heavy atom. The molecule has 0 radical (unpaired) electrons. The number of benzene rings is 1. The van der Waals surface area contributed by atoms with Gasteiger partial charge in [-0.05, 0) is 29.8 Å². The fraction of sp³-hybridized carbons (Fsp3) is 0.0769. The Bertz CT molecular complexity index is 554. The molecule has 0 aliphatic carbocycles. The highest BCUT2D eigenvalue weighted by molar-refractivity contribution is 6.30. The van der Waals surface area contributed by atoms with Crippen LogP contribution in [0.1, 0.15) is 16.1 Å². The highest BCUT2D eigenvalue weighted by Crippen LogP contribution is 2.15. The summed E-state index contributed by atoms with van der Waals surface area (Å²) >= 11 is 5.83. The second kappa shape index (κ2) is 5.62. The fourth-order valence-electron chi connectivity index (χ4n) is 1.44. The number of amides is 1. The van der Waals surface area contributed by atoms with Gasteiger partial charge in [-0.15, -0.1) is 0 Å². The van der Waals surface area contributed by atoms with Gasteiger partial charge in [0.15, 0.2) is 0 Å². The van der Waals surface area contributed by atoms with Gasteiger partial charge in [-0.1, -0.05) is 23.7 Å². The number of nitrogens with one attached hydrogen (secondary N) is 1. The first-order valence-corrected chi connectivity index (χ1v) is 5.79. The monoisotopic (exact) mass is 261 g/mol. The van der Waals surface area contributed by atoms with Gasteiger partial charge < -0.3 is 11.1 Å². The molecule has 1 heterocycles. The summed E-state index contributed by atoms with van der Waals surface area (Å²) in [5, 5.41) is 3.29. The summed E-state index contributed by atoms with van der Waals surface area (Å²) in [6.45, 7) is 0.406. The van der Waals surface area contributed by atoms with Gasteiger partial charge in [0, 0.05) is 23.5 Å². The summed E-state index contributed by atoms with van der Waals surface area (Å²) in [4.78, 5) is 15.9. The van der Waals surface area contributed by atoms with Crippen molar-refractivity contribution in [2.24, 2.45) is 5.73 Å². The Balaban J connectivity index is 2.11. The van der Waals surface area contributed by atoms with Crippen molar-refractivity contribution in [3.8, 4) is 0 Å². The molecule has 0 spiro atoms. The molecular weight excluding hydrogens is 250 g/mol. The summed E-state index contributed by atoms with van der Waals surface area (Å²) in [6, 6.07) is 10.4. The second-order valence-corrected chi connectivity index (χ2v) is 4.16. The van der Waals surface area contributed by atoms with Crippen molar-refractivity contribution in [1.82, 2.24) is 4.98 Å². The number of anilines is 1. The van der Waals surface area contributed by atoms with Gasteiger partial charge in [0.2, 0.25) is 0 Å². The zero-order valence-corrected chi connectivity index (χ0v) is 10.3. The molecular formula is C13H12ClN3O. The van der Waals surface area contributed by atoms with E-state index < -0.39 is 0 Å². The number of hydrogen-bond acceptors (Lipinski definition) is 3. The van der Waals surface area contributed by atoms with Crippen molar-refractivity contribution >= 4 is 23.2 Å². The van der Waals surface area contributed by atoms with E-state index in [1.165, 1.54) is 0 Å². The van der Waals surface area contributed by atoms with Gasteiger partial charge in [-0.3, -0.25) is 9.78 Å². The molecule has 4 nitrogen and oxygen atoms in total. The van der Waals surface area contributed by atoms with Gasteiger partial charge in [-0.25, -0.2) is 0 Å². The SMILES string of the molecule is NCc1ccc(C(=O)Nc2cccc(Cl)c2)nc1. The number of pyridine rings is 1. The van der Waals surface area contributed by atoms with Gasteiger partial charge in [0.1, 0.15) is 5.69 Å². The molecule has 0 atom stereocenters. The molecule has 3 N–H and O–H groups in total. The number of nitrogens with two attached hydrogens (primary N) is 1. The van der Waals surface area contributed by atoms with Gasteiger partial charge in [0.25, 0.3) is 5.91 Å². The first-order valence-electron chi connectivity index (χ1n) is 5.41. The van der Waals surface area contributed by atoms with Crippen LogP contribution >= 0.6 is 11.6 Å². The molecule has 0 unspecified atom stereocenters. The van der Waals surface area contributed by atoms with Crippen LogP contribution in [0.4, 0.5) is 5.69 Å². The first-order chi connectivity index (χ1) is 8.69. The molecule has 1 aromatic heterocycles. The highest BCUT2D eigenvalue weighted by atomic mass is 35.5. The smallest absolute Gasteiger partial charge is 0.274 e. The van der Waals surface area contributed by atoms with Crippen LogP contribution in [-0.4, -0.2) is 10.9 Å². The average molecular weight is 262 g/mol. The molecule has 2 rings (SSSR count). The maximum atomic E-state index is 11.9. The maximum Gasteiger partial charge on any atom is 0.274 e. The number of nitrogens with zero attached hydrogens (tertiary/aromatic N) is 1. The lowest BCUT2D eigenvalue weighted by molar-refractivity contribution is 0.102. The van der Waals surface area contributed by atoms with Gasteiger partial charge >= 0.3 is 0 Å². The Hall–Kier alpha value is -1.91. The van der Waals surface area contributed by atoms with E-state index in [0.717, 1.165) is 5.56 Å². The van der Waals surface area contributed by atoms with Crippen LogP contribution in [0.15, 0.2) is 42.6 Å². The minimum Gasteiger partial charge on any atom is -0.326 e. The molecule has 0 saturated carbocycles. The van der Waals surface area contributed by atoms with Crippen molar-refractivity contribution in [3.05, 3.63) is 58.9 Å².